The minimum atomic E-state index is -1.26. The van der Waals surface area contributed by atoms with Crippen LogP contribution in [0.2, 0.25) is 0 Å². The average molecular weight is 198 g/mol. The molecular formula is C6H7NaO6. The van der Waals surface area contributed by atoms with Crippen LogP contribution in [0.15, 0.2) is 12.2 Å². The third-order valence-corrected chi connectivity index (χ3v) is 0.368. The summed E-state index contributed by atoms with van der Waals surface area (Å²) in [6.07, 6.45) is 1.12. The molecule has 0 aliphatic carbocycles. The molecule has 0 saturated carbocycles. The monoisotopic (exact) mass is 198 g/mol. The Hall–Kier alpha value is -0.850. The summed E-state index contributed by atoms with van der Waals surface area (Å²) in [6, 6.07) is 0. The Labute approximate surface area is 96.2 Å². The third-order valence-electron chi connectivity index (χ3n) is 0.368. The molecule has 0 atom stereocenters. The van der Waals surface area contributed by atoms with Gasteiger partial charge in [-0.15, -0.1) is 0 Å². The van der Waals surface area contributed by atoms with Gasteiger partial charge >= 0.3 is 41.5 Å². The van der Waals surface area contributed by atoms with Gasteiger partial charge in [0.15, 0.2) is 0 Å². The average Bonchev–Trinajstić information content (AvgIpc) is 1.82. The molecule has 0 saturated heterocycles. The number of carboxylic acids is 3. The fourth-order valence-corrected chi connectivity index (χ4v) is 0.143. The van der Waals surface area contributed by atoms with Gasteiger partial charge in [0.05, 0.1) is 0 Å². The molecule has 0 aromatic carbocycles. The molecule has 13 heavy (non-hydrogen) atoms. The Morgan fingerprint density at radius 3 is 1.31 bits per heavy atom. The summed E-state index contributed by atoms with van der Waals surface area (Å²) in [5.74, 6) is -3.60. The van der Waals surface area contributed by atoms with E-state index in [-0.39, 0.29) is 29.6 Å². The van der Waals surface area contributed by atoms with Crippen LogP contribution in [0.3, 0.4) is 0 Å². The smallest absolute Gasteiger partial charge is 0.550 e. The number of aliphatic carboxylic acids is 3. The van der Waals surface area contributed by atoms with Gasteiger partial charge in [-0.05, 0) is 6.92 Å². The Morgan fingerprint density at radius 1 is 1.08 bits per heavy atom. The van der Waals surface area contributed by atoms with Crippen LogP contribution in [-0.2, 0) is 14.4 Å². The molecule has 0 aromatic heterocycles. The van der Waals surface area contributed by atoms with Gasteiger partial charge in [0.25, 0.3) is 0 Å². The van der Waals surface area contributed by atoms with Crippen LogP contribution in [0.5, 0.6) is 0 Å². The molecule has 0 unspecified atom stereocenters. The first-order chi connectivity index (χ1) is 5.36. The van der Waals surface area contributed by atoms with Gasteiger partial charge < -0.3 is 20.1 Å². The maximum Gasteiger partial charge on any atom is 1.00 e. The van der Waals surface area contributed by atoms with Crippen molar-refractivity contribution in [2.75, 3.05) is 0 Å². The molecule has 0 fully saturated rings. The van der Waals surface area contributed by atoms with E-state index in [0.717, 1.165) is 6.92 Å². The van der Waals surface area contributed by atoms with E-state index in [4.69, 9.17) is 20.1 Å². The van der Waals surface area contributed by atoms with Gasteiger partial charge in [0.1, 0.15) is 0 Å². The quantitative estimate of drug-likeness (QED) is 0.341. The second-order valence-electron chi connectivity index (χ2n) is 1.50. The van der Waals surface area contributed by atoms with Crippen LogP contribution in [0.1, 0.15) is 6.92 Å². The summed E-state index contributed by atoms with van der Waals surface area (Å²) in [7, 11) is 0. The van der Waals surface area contributed by atoms with E-state index in [1.165, 1.54) is 0 Å². The molecule has 0 amide bonds. The SMILES string of the molecule is CC(=O)[O-].O=C(O)/C=C\C(=O)O.[Na+]. The molecule has 2 N–H and O–H groups in total. The van der Waals surface area contributed by atoms with Crippen molar-refractivity contribution < 1.29 is 59.3 Å². The zero-order chi connectivity index (χ0) is 10.1. The van der Waals surface area contributed by atoms with E-state index in [9.17, 15) is 9.59 Å². The van der Waals surface area contributed by atoms with E-state index < -0.39 is 17.9 Å². The number of hydrogen-bond donors (Lipinski definition) is 2. The second kappa shape index (κ2) is 11.2. The number of carbonyl (C=O) groups is 3. The Morgan fingerprint density at radius 2 is 1.23 bits per heavy atom. The van der Waals surface area contributed by atoms with Crippen LogP contribution < -0.4 is 34.7 Å². The van der Waals surface area contributed by atoms with Crippen molar-refractivity contribution in [2.24, 2.45) is 0 Å². The molecule has 0 rings (SSSR count). The third kappa shape index (κ3) is 54.2. The van der Waals surface area contributed by atoms with Crippen molar-refractivity contribution in [1.29, 1.82) is 0 Å². The number of carboxylic acid groups (broad SMARTS) is 3. The van der Waals surface area contributed by atoms with Crippen LogP contribution >= 0.6 is 0 Å². The minimum absolute atomic E-state index is 0. The standard InChI is InChI=1S/C4H4O4.C2H4O2.Na/c5-3(6)1-2-4(7)8;1-2(3)4;/h1-2H,(H,5,6)(H,7,8);1H3,(H,3,4);/q;;+1/p-1/b2-1-;;. The second-order valence-corrected chi connectivity index (χ2v) is 1.50. The number of carbonyl (C=O) groups excluding carboxylic acids is 1. The summed E-state index contributed by atoms with van der Waals surface area (Å²) >= 11 is 0. The van der Waals surface area contributed by atoms with Gasteiger partial charge in [-0.2, -0.15) is 0 Å². The Bertz CT molecular complexity index is 189. The molecule has 68 valence electrons. The summed E-state index contributed by atoms with van der Waals surface area (Å²) in [5, 5.41) is 24.5. The summed E-state index contributed by atoms with van der Waals surface area (Å²) in [4.78, 5) is 28.0. The van der Waals surface area contributed by atoms with Crippen molar-refractivity contribution in [3.63, 3.8) is 0 Å². The number of rotatable bonds is 2. The van der Waals surface area contributed by atoms with E-state index in [0.29, 0.717) is 12.2 Å². The first kappa shape index (κ1) is 18.0. The zero-order valence-electron chi connectivity index (χ0n) is 7.18. The first-order valence-electron chi connectivity index (χ1n) is 2.67. The van der Waals surface area contributed by atoms with Crippen molar-refractivity contribution in [3.05, 3.63) is 12.2 Å². The zero-order valence-corrected chi connectivity index (χ0v) is 9.18. The largest absolute Gasteiger partial charge is 1.00 e. The van der Waals surface area contributed by atoms with Crippen LogP contribution in [-0.4, -0.2) is 28.1 Å². The Kier molecular flexibility index (Phi) is 15.5. The fourth-order valence-electron chi connectivity index (χ4n) is 0.143. The molecular weight excluding hydrogens is 191 g/mol. The summed E-state index contributed by atoms with van der Waals surface area (Å²) < 4.78 is 0. The van der Waals surface area contributed by atoms with Crippen LogP contribution in [0.25, 0.3) is 0 Å². The molecule has 7 heteroatoms. The van der Waals surface area contributed by atoms with Gasteiger partial charge in [0, 0.05) is 18.1 Å². The predicted molar refractivity (Wildman–Crippen MR) is 35.1 cm³/mol. The fraction of sp³-hybridized carbons (Fsp3) is 0.167. The molecule has 0 aromatic rings. The molecule has 0 aliphatic heterocycles. The summed E-state index contributed by atoms with van der Waals surface area (Å²) in [6.45, 7) is 0.972. The number of hydrogen-bond acceptors (Lipinski definition) is 4. The maximum absolute atomic E-state index is 9.55. The van der Waals surface area contributed by atoms with Gasteiger partial charge in [-0.3, -0.25) is 0 Å². The van der Waals surface area contributed by atoms with Gasteiger partial charge in [-0.1, -0.05) is 0 Å². The predicted octanol–water partition coefficient (Wildman–Crippen LogP) is -4.53. The first-order valence-corrected chi connectivity index (χ1v) is 2.67. The minimum Gasteiger partial charge on any atom is -0.550 e. The van der Waals surface area contributed by atoms with Crippen LogP contribution in [0, 0.1) is 0 Å². The normalized spacial score (nSPS) is 7.77. The molecule has 0 radical (unpaired) electrons. The Balaban J connectivity index is -0.000000173. The van der Waals surface area contributed by atoms with Crippen molar-refractivity contribution >= 4 is 17.9 Å². The van der Waals surface area contributed by atoms with E-state index in [1.54, 1.807) is 0 Å². The van der Waals surface area contributed by atoms with E-state index in [1.807, 2.05) is 0 Å². The molecule has 0 heterocycles. The molecule has 0 spiro atoms. The van der Waals surface area contributed by atoms with Gasteiger partial charge in [0.2, 0.25) is 0 Å². The van der Waals surface area contributed by atoms with E-state index in [2.05, 4.69) is 0 Å². The topological polar surface area (TPSA) is 115 Å². The molecule has 0 bridgehead atoms. The van der Waals surface area contributed by atoms with Crippen molar-refractivity contribution in [2.45, 2.75) is 6.92 Å². The van der Waals surface area contributed by atoms with Crippen molar-refractivity contribution in [1.82, 2.24) is 0 Å². The molecule has 0 aliphatic rings. The van der Waals surface area contributed by atoms with Crippen LogP contribution in [0.4, 0.5) is 0 Å². The van der Waals surface area contributed by atoms with Gasteiger partial charge in [-0.25, -0.2) is 9.59 Å². The maximum atomic E-state index is 9.55. The summed E-state index contributed by atoms with van der Waals surface area (Å²) in [5.41, 5.74) is 0. The molecule has 6 nitrogen and oxygen atoms in total. The van der Waals surface area contributed by atoms with E-state index >= 15 is 0 Å². The van der Waals surface area contributed by atoms with Crippen molar-refractivity contribution in [3.8, 4) is 0 Å².